The van der Waals surface area contributed by atoms with E-state index in [0.717, 1.165) is 0 Å². The molecule has 2 aromatic rings. The highest BCUT2D eigenvalue weighted by atomic mass is 32.2. The average molecular weight is 443 g/mol. The van der Waals surface area contributed by atoms with Crippen molar-refractivity contribution in [2.75, 3.05) is 14.2 Å². The van der Waals surface area contributed by atoms with Gasteiger partial charge in [-0.05, 0) is 36.4 Å². The lowest BCUT2D eigenvalue weighted by Gasteiger charge is -2.15. The van der Waals surface area contributed by atoms with E-state index in [2.05, 4.69) is 0 Å². The minimum Gasteiger partial charge on any atom is -0.497 e. The average Bonchev–Trinajstić information content (AvgIpc) is 2.64. The van der Waals surface area contributed by atoms with Crippen LogP contribution in [0, 0.1) is 0 Å². The lowest BCUT2D eigenvalue weighted by Crippen LogP contribution is -2.25. The number of rotatable bonds is 6. The molecule has 0 aliphatic carbocycles. The molecule has 0 saturated carbocycles. The van der Waals surface area contributed by atoms with Crippen molar-refractivity contribution < 1.29 is 44.2 Å². The number of methoxy groups -OCH3 is 2. The minimum atomic E-state index is -5.17. The normalized spacial score (nSPS) is 12.7. The van der Waals surface area contributed by atoms with Crippen LogP contribution >= 0.6 is 0 Å². The first-order valence-corrected chi connectivity index (χ1v) is 9.26. The van der Waals surface area contributed by atoms with Gasteiger partial charge in [-0.25, -0.2) is 13.1 Å². The molecule has 0 saturated heterocycles. The quantitative estimate of drug-likeness (QED) is 0.680. The summed E-state index contributed by atoms with van der Waals surface area (Å²) in [5.41, 5.74) is -3.20. The smallest absolute Gasteiger partial charge is 0.416 e. The van der Waals surface area contributed by atoms with Gasteiger partial charge >= 0.3 is 12.4 Å². The van der Waals surface area contributed by atoms with E-state index in [4.69, 9.17) is 9.47 Å². The van der Waals surface area contributed by atoms with Crippen LogP contribution < -0.4 is 14.2 Å². The molecule has 2 aromatic carbocycles. The Morgan fingerprint density at radius 2 is 1.41 bits per heavy atom. The van der Waals surface area contributed by atoms with E-state index in [9.17, 15) is 34.8 Å². The van der Waals surface area contributed by atoms with Crippen molar-refractivity contribution in [1.29, 1.82) is 0 Å². The van der Waals surface area contributed by atoms with Gasteiger partial charge in [0, 0.05) is 12.1 Å². The van der Waals surface area contributed by atoms with Crippen molar-refractivity contribution in [2.45, 2.75) is 23.8 Å². The Bertz CT molecular complexity index is 954. The highest BCUT2D eigenvalue weighted by Crippen LogP contribution is 2.37. The second-order valence-electron chi connectivity index (χ2n) is 5.74. The van der Waals surface area contributed by atoms with E-state index in [0.29, 0.717) is 5.75 Å². The fourth-order valence-corrected chi connectivity index (χ4v) is 3.43. The van der Waals surface area contributed by atoms with Gasteiger partial charge in [0.05, 0.1) is 30.2 Å². The maximum Gasteiger partial charge on any atom is 0.416 e. The number of halogens is 6. The van der Waals surface area contributed by atoms with Gasteiger partial charge in [-0.1, -0.05) is 0 Å². The van der Waals surface area contributed by atoms with Crippen LogP contribution in [0.4, 0.5) is 26.3 Å². The molecule has 0 aliphatic rings. The molecule has 0 radical (unpaired) electrons. The Labute approximate surface area is 162 Å². The van der Waals surface area contributed by atoms with E-state index in [1.165, 1.54) is 32.4 Å². The Morgan fingerprint density at radius 3 is 1.86 bits per heavy atom. The Balaban J connectivity index is 2.43. The van der Waals surface area contributed by atoms with Gasteiger partial charge in [-0.3, -0.25) is 0 Å². The van der Waals surface area contributed by atoms with Crippen LogP contribution in [0.5, 0.6) is 11.5 Å². The van der Waals surface area contributed by atoms with E-state index in [-0.39, 0.29) is 29.5 Å². The molecule has 0 fully saturated rings. The van der Waals surface area contributed by atoms with Crippen molar-refractivity contribution in [3.05, 3.63) is 53.1 Å². The molecular formula is C17H15F6NO4S. The zero-order chi connectivity index (χ0) is 22.0. The predicted molar refractivity (Wildman–Crippen MR) is 90.0 cm³/mol. The molecule has 29 heavy (non-hydrogen) atoms. The van der Waals surface area contributed by atoms with Crippen LogP contribution in [0.3, 0.4) is 0 Å². The summed E-state index contributed by atoms with van der Waals surface area (Å²) in [6.07, 6.45) is -10.3. The van der Waals surface area contributed by atoms with E-state index in [1.54, 1.807) is 0 Å². The molecular weight excluding hydrogens is 428 g/mol. The first-order valence-electron chi connectivity index (χ1n) is 7.78. The van der Waals surface area contributed by atoms with Crippen LogP contribution in [-0.2, 0) is 28.9 Å². The molecule has 0 aromatic heterocycles. The standard InChI is InChI=1S/C17H15F6NO4S/c1-27-13-3-4-15(28-2)10(5-13)9-24-29(25,26)14-7-11(16(18,19)20)6-12(8-14)17(21,22)23/h3-8,24H,9H2,1-2H3. The molecule has 160 valence electrons. The lowest BCUT2D eigenvalue weighted by molar-refractivity contribution is -0.143. The highest BCUT2D eigenvalue weighted by Gasteiger charge is 2.38. The summed E-state index contributed by atoms with van der Waals surface area (Å²) in [5.74, 6) is 0.590. The van der Waals surface area contributed by atoms with Crippen LogP contribution in [-0.4, -0.2) is 22.6 Å². The van der Waals surface area contributed by atoms with Gasteiger partial charge in [-0.15, -0.1) is 0 Å². The first-order chi connectivity index (χ1) is 13.3. The maximum absolute atomic E-state index is 12.9. The molecule has 0 amide bonds. The molecule has 0 bridgehead atoms. The third kappa shape index (κ3) is 5.54. The number of hydrogen-bond donors (Lipinski definition) is 1. The van der Waals surface area contributed by atoms with Gasteiger partial charge in [0.15, 0.2) is 0 Å². The summed E-state index contributed by atoms with van der Waals surface area (Å²) < 4.78 is 114. The highest BCUT2D eigenvalue weighted by molar-refractivity contribution is 7.89. The number of ether oxygens (including phenoxy) is 2. The maximum atomic E-state index is 12.9. The third-order valence-corrected chi connectivity index (χ3v) is 5.19. The first kappa shape index (κ1) is 22.8. The van der Waals surface area contributed by atoms with Gasteiger partial charge < -0.3 is 9.47 Å². The summed E-state index contributed by atoms with van der Waals surface area (Å²) in [7, 11) is -2.05. The number of sulfonamides is 1. The zero-order valence-corrected chi connectivity index (χ0v) is 15.8. The van der Waals surface area contributed by atoms with E-state index < -0.39 is 44.9 Å². The summed E-state index contributed by atoms with van der Waals surface area (Å²) in [5, 5.41) is 0. The molecule has 5 nitrogen and oxygen atoms in total. The fourth-order valence-electron chi connectivity index (χ4n) is 2.36. The van der Waals surface area contributed by atoms with Crippen molar-refractivity contribution in [2.24, 2.45) is 0 Å². The van der Waals surface area contributed by atoms with Crippen molar-refractivity contribution in [3.8, 4) is 11.5 Å². The van der Waals surface area contributed by atoms with Crippen LogP contribution in [0.15, 0.2) is 41.3 Å². The number of benzene rings is 2. The van der Waals surface area contributed by atoms with Crippen LogP contribution in [0.1, 0.15) is 16.7 Å². The third-order valence-electron chi connectivity index (χ3n) is 3.81. The Morgan fingerprint density at radius 1 is 0.862 bits per heavy atom. The second-order valence-corrected chi connectivity index (χ2v) is 7.51. The predicted octanol–water partition coefficient (Wildman–Crippen LogP) is 4.22. The SMILES string of the molecule is COc1ccc(OC)c(CNS(=O)(=O)c2cc(C(F)(F)F)cc(C(F)(F)F)c2)c1. The summed E-state index contributed by atoms with van der Waals surface area (Å²) in [4.78, 5) is -1.17. The molecule has 0 heterocycles. The molecule has 0 atom stereocenters. The van der Waals surface area contributed by atoms with Crippen LogP contribution in [0.2, 0.25) is 0 Å². The summed E-state index contributed by atoms with van der Waals surface area (Å²) >= 11 is 0. The number of hydrogen-bond acceptors (Lipinski definition) is 4. The van der Waals surface area contributed by atoms with Crippen molar-refractivity contribution in [1.82, 2.24) is 4.72 Å². The van der Waals surface area contributed by atoms with Gasteiger partial charge in [0.2, 0.25) is 10.0 Å². The summed E-state index contributed by atoms with van der Waals surface area (Å²) in [6.45, 7) is -0.458. The number of nitrogens with one attached hydrogen (secondary N) is 1. The van der Waals surface area contributed by atoms with Crippen molar-refractivity contribution in [3.63, 3.8) is 0 Å². The molecule has 12 heteroatoms. The molecule has 0 spiro atoms. The number of alkyl halides is 6. The minimum absolute atomic E-state index is 0.139. The van der Waals surface area contributed by atoms with Crippen LogP contribution in [0.25, 0.3) is 0 Å². The zero-order valence-electron chi connectivity index (χ0n) is 15.0. The summed E-state index contributed by atoms with van der Waals surface area (Å²) in [6, 6.07) is 4.53. The molecule has 2 rings (SSSR count). The monoisotopic (exact) mass is 443 g/mol. The van der Waals surface area contributed by atoms with E-state index in [1.807, 2.05) is 4.72 Å². The Kier molecular flexibility index (Phi) is 6.38. The van der Waals surface area contributed by atoms with E-state index >= 15 is 0 Å². The lowest BCUT2D eigenvalue weighted by atomic mass is 10.1. The van der Waals surface area contributed by atoms with Gasteiger partial charge in [0.1, 0.15) is 11.5 Å². The molecule has 0 aliphatic heterocycles. The Hall–Kier alpha value is -2.47. The largest absolute Gasteiger partial charge is 0.497 e. The van der Waals surface area contributed by atoms with Gasteiger partial charge in [0.25, 0.3) is 0 Å². The second kappa shape index (κ2) is 8.11. The van der Waals surface area contributed by atoms with Gasteiger partial charge in [-0.2, -0.15) is 26.3 Å². The fraction of sp³-hybridized carbons (Fsp3) is 0.294. The molecule has 1 N–H and O–H groups in total. The molecule has 0 unspecified atom stereocenters. The topological polar surface area (TPSA) is 64.6 Å². The van der Waals surface area contributed by atoms with Crippen molar-refractivity contribution >= 4 is 10.0 Å².